The molecule has 2 heterocycles. The van der Waals surface area contributed by atoms with Gasteiger partial charge < -0.3 is 14.4 Å². The van der Waals surface area contributed by atoms with E-state index in [9.17, 15) is 9.59 Å². The van der Waals surface area contributed by atoms with Gasteiger partial charge in [-0.25, -0.2) is 9.59 Å². The van der Waals surface area contributed by atoms with Crippen LogP contribution in [0.2, 0.25) is 0 Å². The zero-order valence-electron chi connectivity index (χ0n) is 16.4. The van der Waals surface area contributed by atoms with E-state index < -0.39 is 23.4 Å². The summed E-state index contributed by atoms with van der Waals surface area (Å²) in [5, 5.41) is 0.518. The number of carbonyl (C=O) groups is 2. The van der Waals surface area contributed by atoms with E-state index >= 15 is 0 Å². The molecule has 5 rings (SSSR count). The van der Waals surface area contributed by atoms with Crippen LogP contribution >= 0.6 is 11.6 Å². The first-order valence-corrected chi connectivity index (χ1v) is 9.88. The van der Waals surface area contributed by atoms with Crippen molar-refractivity contribution >= 4 is 23.5 Å². The van der Waals surface area contributed by atoms with E-state index in [0.29, 0.717) is 5.03 Å². The van der Waals surface area contributed by atoms with Gasteiger partial charge in [-0.05, 0) is 34.4 Å². The Morgan fingerprint density at radius 1 is 0.933 bits per heavy atom. The Morgan fingerprint density at radius 2 is 1.50 bits per heavy atom. The molecule has 2 aliphatic heterocycles. The maximum absolute atomic E-state index is 13.3. The molecule has 2 aromatic carbocycles. The quantitative estimate of drug-likeness (QED) is 0.691. The van der Waals surface area contributed by atoms with Gasteiger partial charge in [0.2, 0.25) is 0 Å². The Bertz CT molecular complexity index is 1150. The van der Waals surface area contributed by atoms with Crippen LogP contribution in [-0.4, -0.2) is 37.1 Å². The molecule has 0 fully saturated rings. The summed E-state index contributed by atoms with van der Waals surface area (Å²) in [5.41, 5.74) is 3.17. The fraction of sp³-hybridized carbons (Fsp3) is 0.167. The zero-order valence-corrected chi connectivity index (χ0v) is 17.1. The van der Waals surface area contributed by atoms with Gasteiger partial charge in [-0.2, -0.15) is 0 Å². The van der Waals surface area contributed by atoms with Gasteiger partial charge >= 0.3 is 11.9 Å². The number of rotatable bonds is 2. The molecule has 30 heavy (non-hydrogen) atoms. The molecule has 0 amide bonds. The molecule has 6 heteroatoms. The van der Waals surface area contributed by atoms with E-state index in [-0.39, 0.29) is 11.3 Å². The van der Waals surface area contributed by atoms with Gasteiger partial charge in [0, 0.05) is 11.2 Å². The molecule has 1 atom stereocenters. The van der Waals surface area contributed by atoms with Crippen molar-refractivity contribution in [2.75, 3.05) is 14.2 Å². The van der Waals surface area contributed by atoms with Crippen LogP contribution in [0.3, 0.4) is 0 Å². The number of ether oxygens (including phenoxy) is 2. The highest BCUT2D eigenvalue weighted by molar-refractivity contribution is 6.31. The Hall–Kier alpha value is -3.31. The number of hydrogen-bond acceptors (Lipinski definition) is 5. The third-order valence-electron chi connectivity index (χ3n) is 6.10. The second-order valence-electron chi connectivity index (χ2n) is 7.31. The van der Waals surface area contributed by atoms with Gasteiger partial charge in [0.05, 0.1) is 31.2 Å². The summed E-state index contributed by atoms with van der Waals surface area (Å²) in [4.78, 5) is 28.0. The molecule has 0 radical (unpaired) electrons. The van der Waals surface area contributed by atoms with Gasteiger partial charge in [-0.1, -0.05) is 60.1 Å². The van der Waals surface area contributed by atoms with Crippen molar-refractivity contribution in [3.8, 4) is 11.1 Å². The average molecular weight is 420 g/mol. The summed E-state index contributed by atoms with van der Waals surface area (Å²) < 4.78 is 10.3. The van der Waals surface area contributed by atoms with Gasteiger partial charge in [-0.15, -0.1) is 0 Å². The summed E-state index contributed by atoms with van der Waals surface area (Å²) in [7, 11) is 2.61. The van der Waals surface area contributed by atoms with Crippen molar-refractivity contribution < 1.29 is 19.1 Å². The lowest BCUT2D eigenvalue weighted by Gasteiger charge is -2.39. The number of methoxy groups -OCH3 is 2. The number of halogens is 1. The number of carbonyl (C=O) groups excluding carboxylic acids is 2. The van der Waals surface area contributed by atoms with E-state index in [1.165, 1.54) is 14.2 Å². The first kappa shape index (κ1) is 18.7. The van der Waals surface area contributed by atoms with E-state index in [0.717, 1.165) is 22.3 Å². The topological polar surface area (TPSA) is 55.8 Å². The predicted octanol–water partition coefficient (Wildman–Crippen LogP) is 3.89. The minimum atomic E-state index is -1.01. The second kappa shape index (κ2) is 6.61. The van der Waals surface area contributed by atoms with E-state index in [1.807, 2.05) is 48.5 Å². The SMILES string of the molecule is COC(=O)C1=C(C(=O)OC)C2(c3ccccc3-c3ccccc32)C2C(Cl)=CC=CN12. The largest absolute Gasteiger partial charge is 0.466 e. The number of fused-ring (bicyclic) bond motifs is 7. The molecule has 0 saturated carbocycles. The van der Waals surface area contributed by atoms with Crippen molar-refractivity contribution in [1.82, 2.24) is 4.90 Å². The minimum absolute atomic E-state index is 0.142. The van der Waals surface area contributed by atoms with E-state index in [2.05, 4.69) is 0 Å². The maximum Gasteiger partial charge on any atom is 0.355 e. The van der Waals surface area contributed by atoms with Crippen LogP contribution in [0.25, 0.3) is 11.1 Å². The third kappa shape index (κ3) is 2.13. The lowest BCUT2D eigenvalue weighted by Crippen LogP contribution is -2.45. The number of benzene rings is 2. The predicted molar refractivity (Wildman–Crippen MR) is 112 cm³/mol. The van der Waals surface area contributed by atoms with Crippen LogP contribution in [0.15, 0.2) is 83.2 Å². The molecule has 1 aliphatic carbocycles. The highest BCUT2D eigenvalue weighted by Crippen LogP contribution is 2.62. The van der Waals surface area contributed by atoms with Crippen LogP contribution < -0.4 is 0 Å². The van der Waals surface area contributed by atoms with Gasteiger partial charge in [-0.3, -0.25) is 0 Å². The van der Waals surface area contributed by atoms with Crippen LogP contribution in [0, 0.1) is 0 Å². The summed E-state index contributed by atoms with van der Waals surface area (Å²) in [6.07, 6.45) is 5.30. The van der Waals surface area contributed by atoms with Crippen molar-refractivity contribution in [3.05, 3.63) is 94.3 Å². The molecule has 1 spiro atoms. The van der Waals surface area contributed by atoms with Gasteiger partial charge in [0.15, 0.2) is 0 Å². The molecule has 1 unspecified atom stereocenters. The third-order valence-corrected chi connectivity index (χ3v) is 6.44. The molecular weight excluding hydrogens is 402 g/mol. The Balaban J connectivity index is 1.98. The fourth-order valence-electron chi connectivity index (χ4n) is 5.11. The van der Waals surface area contributed by atoms with Crippen molar-refractivity contribution in [1.29, 1.82) is 0 Å². The molecular formula is C24H18ClNO4. The summed E-state index contributed by atoms with van der Waals surface area (Å²) in [6.45, 7) is 0. The standard InChI is InChI=1S/C24H18ClNO4/c1-29-22(27)19-20(23(28)30-2)26-13-7-12-18(25)21(26)24(19)16-10-5-3-8-14(16)15-9-4-6-11-17(15)24/h3-13,21H,1-2H3. The first-order chi connectivity index (χ1) is 14.6. The first-order valence-electron chi connectivity index (χ1n) is 9.50. The Kier molecular flexibility index (Phi) is 4.12. The zero-order chi connectivity index (χ0) is 21.0. The van der Waals surface area contributed by atoms with Crippen molar-refractivity contribution in [2.45, 2.75) is 11.5 Å². The summed E-state index contributed by atoms with van der Waals surface area (Å²) in [5.74, 6) is -1.20. The molecule has 3 aliphatic rings. The van der Waals surface area contributed by atoms with Crippen LogP contribution in [0.5, 0.6) is 0 Å². The van der Waals surface area contributed by atoms with Crippen LogP contribution in [-0.2, 0) is 24.5 Å². The normalized spacial score (nSPS) is 19.9. The minimum Gasteiger partial charge on any atom is -0.466 e. The highest BCUT2D eigenvalue weighted by atomic mass is 35.5. The van der Waals surface area contributed by atoms with Gasteiger partial charge in [0.25, 0.3) is 0 Å². The smallest absolute Gasteiger partial charge is 0.355 e. The van der Waals surface area contributed by atoms with Crippen molar-refractivity contribution in [2.24, 2.45) is 0 Å². The molecule has 2 aromatic rings. The Morgan fingerprint density at radius 3 is 2.07 bits per heavy atom. The number of hydrogen-bond donors (Lipinski definition) is 0. The molecule has 0 bridgehead atoms. The molecule has 150 valence electrons. The monoisotopic (exact) mass is 419 g/mol. The average Bonchev–Trinajstić information content (AvgIpc) is 3.26. The molecule has 0 saturated heterocycles. The number of nitrogens with zero attached hydrogens (tertiary/aromatic N) is 1. The summed E-state index contributed by atoms with van der Waals surface area (Å²) >= 11 is 6.78. The maximum atomic E-state index is 13.3. The van der Waals surface area contributed by atoms with Crippen LogP contribution in [0.4, 0.5) is 0 Å². The number of esters is 2. The second-order valence-corrected chi connectivity index (χ2v) is 7.75. The lowest BCUT2D eigenvalue weighted by molar-refractivity contribution is -0.140. The van der Waals surface area contributed by atoms with Gasteiger partial charge in [0.1, 0.15) is 5.70 Å². The molecule has 5 nitrogen and oxygen atoms in total. The lowest BCUT2D eigenvalue weighted by atomic mass is 9.68. The fourth-order valence-corrected chi connectivity index (χ4v) is 5.45. The highest BCUT2D eigenvalue weighted by Gasteiger charge is 2.63. The Labute approximate surface area is 178 Å². The van der Waals surface area contributed by atoms with E-state index in [4.69, 9.17) is 21.1 Å². The number of allylic oxidation sites excluding steroid dienone is 2. The van der Waals surface area contributed by atoms with E-state index in [1.54, 1.807) is 23.3 Å². The van der Waals surface area contributed by atoms with Crippen molar-refractivity contribution in [3.63, 3.8) is 0 Å². The molecule has 0 N–H and O–H groups in total. The van der Waals surface area contributed by atoms with Crippen LogP contribution in [0.1, 0.15) is 11.1 Å². The molecule has 0 aromatic heterocycles. The summed E-state index contributed by atoms with van der Waals surface area (Å²) in [6, 6.07) is 15.3.